The zero-order valence-corrected chi connectivity index (χ0v) is 20.6. The zero-order chi connectivity index (χ0) is 22.8. The number of aryl methyl sites for hydroxylation is 1. The molecule has 1 fully saturated rings. The van der Waals surface area contributed by atoms with Crippen LogP contribution in [0.1, 0.15) is 54.8 Å². The van der Waals surface area contributed by atoms with Crippen LogP contribution in [-0.2, 0) is 16.0 Å². The summed E-state index contributed by atoms with van der Waals surface area (Å²) in [6.45, 7) is 5.39. The summed E-state index contributed by atoms with van der Waals surface area (Å²) in [5.41, 5.74) is 2.17. The Morgan fingerprint density at radius 2 is 2.09 bits per heavy atom. The third kappa shape index (κ3) is 7.71. The average Bonchev–Trinajstić information content (AvgIpc) is 2.99. The fourth-order valence-corrected chi connectivity index (χ4v) is 5.69. The number of rotatable bonds is 10. The highest BCUT2D eigenvalue weighted by Crippen LogP contribution is 2.30. The Kier molecular flexibility index (Phi) is 10.2. The number of benzene rings is 1. The lowest BCUT2D eigenvalue weighted by Gasteiger charge is -2.27. The first-order valence-corrected chi connectivity index (χ1v) is 13.6. The number of thioether (sulfide) groups is 1. The maximum absolute atomic E-state index is 12.5. The van der Waals surface area contributed by atoms with Crippen molar-refractivity contribution in [1.29, 1.82) is 0 Å². The number of carbonyl (C=O) groups excluding carboxylic acids is 2. The zero-order valence-electron chi connectivity index (χ0n) is 19.0. The van der Waals surface area contributed by atoms with Gasteiger partial charge in [-0.2, -0.15) is 0 Å². The molecule has 1 aromatic carbocycles. The van der Waals surface area contributed by atoms with E-state index in [-0.39, 0.29) is 22.0 Å². The standard InChI is InChI=1S/C25H35N3O2S2.3H2/c1-3-5-21(31-2)14-15-26-25(30)19-10-8-18(9-11-19)17-27-32-22-12-13-23-20(16-22)6-4-7-24(29)28-23;;;/h3,5,12-13,16,18-19,27H,1,4,6-11,14-15,17H2,2H3,(H,26,30)(H,28,29);3*1H/b21-5-;;;. The Hall–Kier alpha value is -1.70. The van der Waals surface area contributed by atoms with Gasteiger partial charge in [0.25, 0.3) is 0 Å². The molecule has 0 saturated heterocycles. The van der Waals surface area contributed by atoms with E-state index in [2.05, 4.69) is 40.3 Å². The van der Waals surface area contributed by atoms with Crippen molar-refractivity contribution in [2.75, 3.05) is 24.7 Å². The SMILES string of the molecule is C=C/C=C(/CCNC(=O)C1CCC(CNSc2ccc3c(c2)CCCC(=O)N3)CC1)SC.[HH].[HH].[HH]. The number of hydrogen-bond acceptors (Lipinski definition) is 5. The van der Waals surface area contributed by atoms with Crippen LogP contribution in [0, 0.1) is 11.8 Å². The van der Waals surface area contributed by atoms with E-state index < -0.39 is 0 Å². The number of amides is 2. The van der Waals surface area contributed by atoms with Crippen molar-refractivity contribution >= 4 is 41.2 Å². The van der Waals surface area contributed by atoms with E-state index in [9.17, 15) is 9.59 Å². The van der Waals surface area contributed by atoms with Crippen molar-refractivity contribution in [2.45, 2.75) is 56.3 Å². The summed E-state index contributed by atoms with van der Waals surface area (Å²) < 4.78 is 3.52. The molecule has 0 bridgehead atoms. The minimum atomic E-state index is 0. The summed E-state index contributed by atoms with van der Waals surface area (Å²) in [5, 5.41) is 6.10. The summed E-state index contributed by atoms with van der Waals surface area (Å²) in [4.78, 5) is 26.6. The fourth-order valence-electron chi connectivity index (χ4n) is 4.32. The van der Waals surface area contributed by atoms with Gasteiger partial charge >= 0.3 is 0 Å². The molecule has 1 heterocycles. The first-order chi connectivity index (χ1) is 15.6. The molecule has 0 unspecified atom stereocenters. The summed E-state index contributed by atoms with van der Waals surface area (Å²) in [5.74, 6) is 1.09. The van der Waals surface area contributed by atoms with Crippen molar-refractivity contribution in [2.24, 2.45) is 11.8 Å². The topological polar surface area (TPSA) is 70.2 Å². The average molecular weight is 480 g/mol. The van der Waals surface area contributed by atoms with Crippen LogP contribution in [0.25, 0.3) is 0 Å². The van der Waals surface area contributed by atoms with Crippen LogP contribution >= 0.6 is 23.7 Å². The van der Waals surface area contributed by atoms with Crippen LogP contribution in [0.15, 0.2) is 46.7 Å². The predicted molar refractivity (Wildman–Crippen MR) is 143 cm³/mol. The fraction of sp³-hybridized carbons (Fsp3) is 0.520. The maximum atomic E-state index is 12.5. The molecule has 2 amide bonds. The van der Waals surface area contributed by atoms with Gasteiger partial charge in [-0.05, 0) is 97.7 Å². The summed E-state index contributed by atoms with van der Waals surface area (Å²) >= 11 is 3.37. The molecule has 0 radical (unpaired) electrons. The van der Waals surface area contributed by atoms with Gasteiger partial charge in [0.05, 0.1) is 0 Å². The molecule has 0 spiro atoms. The molecule has 180 valence electrons. The number of carbonyl (C=O) groups is 2. The number of anilines is 1. The normalized spacial score (nSPS) is 21.3. The van der Waals surface area contributed by atoms with Crippen molar-refractivity contribution < 1.29 is 13.9 Å². The molecular formula is C25H41N3O2S2. The van der Waals surface area contributed by atoms with E-state index in [0.29, 0.717) is 18.9 Å². The van der Waals surface area contributed by atoms with Crippen molar-refractivity contribution in [3.63, 3.8) is 0 Å². The lowest BCUT2D eigenvalue weighted by atomic mass is 9.81. The lowest BCUT2D eigenvalue weighted by molar-refractivity contribution is -0.126. The number of nitrogens with one attached hydrogen (secondary N) is 3. The Morgan fingerprint density at radius 1 is 1.28 bits per heavy atom. The molecule has 5 nitrogen and oxygen atoms in total. The highest BCUT2D eigenvalue weighted by Gasteiger charge is 2.26. The maximum Gasteiger partial charge on any atom is 0.224 e. The van der Waals surface area contributed by atoms with Gasteiger partial charge in [0.2, 0.25) is 11.8 Å². The van der Waals surface area contributed by atoms with E-state index in [1.54, 1.807) is 29.8 Å². The van der Waals surface area contributed by atoms with Gasteiger partial charge in [-0.1, -0.05) is 18.7 Å². The molecule has 32 heavy (non-hydrogen) atoms. The van der Waals surface area contributed by atoms with E-state index in [0.717, 1.165) is 57.2 Å². The molecule has 0 aromatic heterocycles. The van der Waals surface area contributed by atoms with Crippen molar-refractivity contribution in [3.8, 4) is 0 Å². The monoisotopic (exact) mass is 479 g/mol. The van der Waals surface area contributed by atoms with E-state index in [1.165, 1.54) is 15.4 Å². The second-order valence-electron chi connectivity index (χ2n) is 8.50. The van der Waals surface area contributed by atoms with Gasteiger partial charge < -0.3 is 10.6 Å². The number of allylic oxidation sites excluding steroid dienone is 2. The summed E-state index contributed by atoms with van der Waals surface area (Å²) in [6.07, 6.45) is 13.3. The van der Waals surface area contributed by atoms with Crippen LogP contribution < -0.4 is 15.4 Å². The second kappa shape index (κ2) is 13.1. The van der Waals surface area contributed by atoms with Crippen LogP contribution in [0.5, 0.6) is 0 Å². The van der Waals surface area contributed by atoms with Crippen molar-refractivity contribution in [1.82, 2.24) is 10.0 Å². The third-order valence-electron chi connectivity index (χ3n) is 6.22. The molecule has 3 N–H and O–H groups in total. The van der Waals surface area contributed by atoms with E-state index in [1.807, 2.05) is 12.1 Å². The Bertz CT molecular complexity index is 847. The van der Waals surface area contributed by atoms with Gasteiger partial charge in [-0.3, -0.25) is 14.3 Å². The quantitative estimate of drug-likeness (QED) is 0.282. The van der Waals surface area contributed by atoms with Gasteiger partial charge in [0.15, 0.2) is 0 Å². The smallest absolute Gasteiger partial charge is 0.224 e. The van der Waals surface area contributed by atoms with Crippen LogP contribution in [0.4, 0.5) is 5.69 Å². The molecule has 7 heteroatoms. The Balaban J connectivity index is 0.00000385. The largest absolute Gasteiger partial charge is 0.356 e. The number of fused-ring (bicyclic) bond motifs is 1. The summed E-state index contributed by atoms with van der Waals surface area (Å²) in [7, 11) is 0. The first-order valence-electron chi connectivity index (χ1n) is 11.5. The molecule has 1 aliphatic carbocycles. The van der Waals surface area contributed by atoms with Crippen LogP contribution in [0.2, 0.25) is 0 Å². The molecule has 0 atom stereocenters. The molecule has 1 aromatic rings. The predicted octanol–water partition coefficient (Wildman–Crippen LogP) is 6.04. The van der Waals surface area contributed by atoms with Gasteiger partial charge in [-0.15, -0.1) is 11.8 Å². The second-order valence-corrected chi connectivity index (χ2v) is 10.4. The first kappa shape index (κ1) is 24.9. The third-order valence-corrected chi connectivity index (χ3v) is 7.88. The van der Waals surface area contributed by atoms with Gasteiger partial charge in [0.1, 0.15) is 0 Å². The van der Waals surface area contributed by atoms with Gasteiger partial charge in [-0.25, -0.2) is 0 Å². The summed E-state index contributed by atoms with van der Waals surface area (Å²) in [6, 6.07) is 6.27. The molecule has 1 saturated carbocycles. The van der Waals surface area contributed by atoms with Crippen LogP contribution in [0.3, 0.4) is 0 Å². The van der Waals surface area contributed by atoms with Gasteiger partial charge in [0, 0.05) is 40.3 Å². The van der Waals surface area contributed by atoms with E-state index >= 15 is 0 Å². The molecule has 1 aliphatic heterocycles. The number of hydrogen-bond donors (Lipinski definition) is 3. The minimum absolute atomic E-state index is 0. The highest BCUT2D eigenvalue weighted by atomic mass is 32.2. The lowest BCUT2D eigenvalue weighted by Crippen LogP contribution is -2.35. The Morgan fingerprint density at radius 3 is 2.84 bits per heavy atom. The highest BCUT2D eigenvalue weighted by molar-refractivity contribution is 8.02. The van der Waals surface area contributed by atoms with Crippen molar-refractivity contribution in [3.05, 3.63) is 47.4 Å². The molecule has 3 rings (SSSR count). The van der Waals surface area contributed by atoms with E-state index in [4.69, 9.17) is 0 Å². The minimum Gasteiger partial charge on any atom is -0.356 e. The Labute approximate surface area is 205 Å². The molecule has 2 aliphatic rings. The molecular weight excluding hydrogens is 438 g/mol. The van der Waals surface area contributed by atoms with Crippen LogP contribution in [-0.4, -0.2) is 31.2 Å².